The molecule has 0 aliphatic heterocycles. The molecule has 0 fully saturated rings. The molecule has 0 saturated heterocycles. The number of pyridine rings is 1. The molecule has 0 radical (unpaired) electrons. The number of aliphatic hydroxyl groups is 1. The SMILES string of the molecule is CC(C)(C)OC(=O)CC(=O)c1ccc(-c2ccc([C@@H](O)[C@@H](CF)NC(=O)C(Cl)Cl)cc2)cn1. The number of alkyl halides is 3. The lowest BCUT2D eigenvalue weighted by atomic mass is 9.99. The third-order valence-corrected chi connectivity index (χ3v) is 4.83. The fourth-order valence-corrected chi connectivity index (χ4v) is 3.01. The number of benzene rings is 1. The maximum absolute atomic E-state index is 13.3. The third kappa shape index (κ3) is 8.07. The van der Waals surface area contributed by atoms with Crippen LogP contribution in [0.4, 0.5) is 4.39 Å². The number of nitrogens with zero attached hydrogens (tertiary/aromatic N) is 1. The first kappa shape index (κ1) is 26.7. The summed E-state index contributed by atoms with van der Waals surface area (Å²) in [6, 6.07) is 8.49. The standard InChI is InChI=1S/C23H25Cl2FN2O5/c1-23(2,3)33-19(30)10-18(29)16-9-8-15(12-27-16)13-4-6-14(7-5-13)20(31)17(11-26)28-22(32)21(24)25/h4-9,12,17,20-21,31H,10-11H2,1-3H3,(H,28,32)/t17-,20-/m1/s1. The lowest BCUT2D eigenvalue weighted by Crippen LogP contribution is -2.43. The van der Waals surface area contributed by atoms with Gasteiger partial charge in [-0.2, -0.15) is 0 Å². The number of ketones is 1. The van der Waals surface area contributed by atoms with Crippen molar-refractivity contribution in [3.05, 3.63) is 53.9 Å². The predicted octanol–water partition coefficient (Wildman–Crippen LogP) is 3.95. The molecule has 7 nitrogen and oxygen atoms in total. The summed E-state index contributed by atoms with van der Waals surface area (Å²) in [4.78, 5) is 38.4. The number of hydrogen-bond donors (Lipinski definition) is 2. The Labute approximate surface area is 201 Å². The molecule has 33 heavy (non-hydrogen) atoms. The van der Waals surface area contributed by atoms with Crippen molar-refractivity contribution < 1.29 is 28.6 Å². The summed E-state index contributed by atoms with van der Waals surface area (Å²) in [6.07, 6.45) is -0.234. The van der Waals surface area contributed by atoms with Gasteiger partial charge < -0.3 is 15.2 Å². The highest BCUT2D eigenvalue weighted by Gasteiger charge is 2.25. The van der Waals surface area contributed by atoms with Gasteiger partial charge in [0, 0.05) is 11.8 Å². The molecular weight excluding hydrogens is 474 g/mol. The van der Waals surface area contributed by atoms with Crippen LogP contribution in [0.1, 0.15) is 49.3 Å². The highest BCUT2D eigenvalue weighted by atomic mass is 35.5. The van der Waals surface area contributed by atoms with Crippen LogP contribution in [-0.2, 0) is 14.3 Å². The van der Waals surface area contributed by atoms with Crippen molar-refractivity contribution in [1.82, 2.24) is 10.3 Å². The van der Waals surface area contributed by atoms with Gasteiger partial charge in [0.2, 0.25) is 0 Å². The van der Waals surface area contributed by atoms with E-state index in [-0.39, 0.29) is 5.69 Å². The molecule has 0 aliphatic rings. The topological polar surface area (TPSA) is 106 Å². The second kappa shape index (κ2) is 11.5. The number of ether oxygens (including phenoxy) is 1. The number of Topliss-reactive ketones (excluding diaryl/α,β-unsaturated/α-hetero) is 1. The number of carbonyl (C=O) groups excluding carboxylic acids is 3. The van der Waals surface area contributed by atoms with Crippen LogP contribution in [0.3, 0.4) is 0 Å². The highest BCUT2D eigenvalue weighted by Crippen LogP contribution is 2.24. The number of aliphatic hydroxyl groups excluding tert-OH is 1. The lowest BCUT2D eigenvalue weighted by molar-refractivity contribution is -0.153. The summed E-state index contributed by atoms with van der Waals surface area (Å²) in [5.41, 5.74) is 1.25. The molecule has 2 aromatic rings. The van der Waals surface area contributed by atoms with Crippen molar-refractivity contribution in [3.8, 4) is 11.1 Å². The van der Waals surface area contributed by atoms with Crippen molar-refractivity contribution in [2.75, 3.05) is 6.67 Å². The van der Waals surface area contributed by atoms with E-state index in [0.29, 0.717) is 11.1 Å². The van der Waals surface area contributed by atoms with Gasteiger partial charge in [0.15, 0.2) is 10.6 Å². The minimum atomic E-state index is -1.37. The molecule has 178 valence electrons. The summed E-state index contributed by atoms with van der Waals surface area (Å²) in [6.45, 7) is 4.14. The van der Waals surface area contributed by atoms with Crippen LogP contribution in [0.2, 0.25) is 0 Å². The maximum Gasteiger partial charge on any atom is 0.314 e. The Hall–Kier alpha value is -2.55. The minimum Gasteiger partial charge on any atom is -0.460 e. The predicted molar refractivity (Wildman–Crippen MR) is 123 cm³/mol. The molecule has 1 aromatic carbocycles. The van der Waals surface area contributed by atoms with Gasteiger partial charge in [0.1, 0.15) is 30.5 Å². The zero-order valence-electron chi connectivity index (χ0n) is 18.3. The largest absolute Gasteiger partial charge is 0.460 e. The number of carbonyl (C=O) groups is 3. The lowest BCUT2D eigenvalue weighted by Gasteiger charge is -2.22. The van der Waals surface area contributed by atoms with Crippen molar-refractivity contribution in [2.45, 2.75) is 49.8 Å². The van der Waals surface area contributed by atoms with Gasteiger partial charge in [-0.1, -0.05) is 53.5 Å². The van der Waals surface area contributed by atoms with Crippen molar-refractivity contribution in [2.24, 2.45) is 0 Å². The molecule has 1 heterocycles. The zero-order valence-corrected chi connectivity index (χ0v) is 19.9. The third-order valence-electron chi connectivity index (χ3n) is 4.43. The van der Waals surface area contributed by atoms with Gasteiger partial charge in [-0.25, -0.2) is 4.39 Å². The van der Waals surface area contributed by atoms with Crippen LogP contribution < -0.4 is 5.32 Å². The second-order valence-electron chi connectivity index (χ2n) is 8.26. The highest BCUT2D eigenvalue weighted by molar-refractivity contribution is 6.53. The fourth-order valence-electron chi connectivity index (χ4n) is 2.88. The summed E-state index contributed by atoms with van der Waals surface area (Å²) in [7, 11) is 0. The van der Waals surface area contributed by atoms with E-state index in [9.17, 15) is 23.9 Å². The first-order valence-electron chi connectivity index (χ1n) is 10.0. The number of amides is 1. The number of halogens is 3. The van der Waals surface area contributed by atoms with Gasteiger partial charge in [-0.15, -0.1) is 0 Å². The molecule has 2 N–H and O–H groups in total. The Morgan fingerprint density at radius 2 is 1.70 bits per heavy atom. The summed E-state index contributed by atoms with van der Waals surface area (Å²) in [5.74, 6) is -1.88. The number of rotatable bonds is 9. The molecule has 1 aromatic heterocycles. The van der Waals surface area contributed by atoms with Crippen LogP contribution in [0, 0.1) is 0 Å². The average Bonchev–Trinajstić information content (AvgIpc) is 2.75. The van der Waals surface area contributed by atoms with E-state index in [2.05, 4.69) is 10.3 Å². The molecular formula is C23H25Cl2FN2O5. The number of esters is 1. The molecule has 2 atom stereocenters. The smallest absolute Gasteiger partial charge is 0.314 e. The van der Waals surface area contributed by atoms with Crippen molar-refractivity contribution in [1.29, 1.82) is 0 Å². The zero-order chi connectivity index (χ0) is 24.8. The van der Waals surface area contributed by atoms with Crippen molar-refractivity contribution in [3.63, 3.8) is 0 Å². The molecule has 0 unspecified atom stereocenters. The van der Waals surface area contributed by atoms with Crippen LogP contribution in [-0.4, -0.2) is 50.9 Å². The maximum atomic E-state index is 13.3. The van der Waals surface area contributed by atoms with E-state index < -0.39 is 53.3 Å². The Bertz CT molecular complexity index is 976. The molecule has 10 heteroatoms. The summed E-state index contributed by atoms with van der Waals surface area (Å²) in [5, 5.41) is 12.6. The average molecular weight is 499 g/mol. The number of aromatic nitrogens is 1. The second-order valence-corrected chi connectivity index (χ2v) is 9.35. The van der Waals surface area contributed by atoms with E-state index in [1.165, 1.54) is 12.3 Å². The Kier molecular flexibility index (Phi) is 9.34. The molecule has 2 rings (SSSR count). The molecule has 0 aliphatic carbocycles. The molecule has 0 spiro atoms. The minimum absolute atomic E-state index is 0.134. The van der Waals surface area contributed by atoms with Crippen LogP contribution >= 0.6 is 23.2 Å². The van der Waals surface area contributed by atoms with Gasteiger partial charge >= 0.3 is 5.97 Å². The Balaban J connectivity index is 2.06. The van der Waals surface area contributed by atoms with Gasteiger partial charge in [0.05, 0.1) is 6.04 Å². The van der Waals surface area contributed by atoms with E-state index >= 15 is 0 Å². The monoisotopic (exact) mass is 498 g/mol. The molecule has 0 bridgehead atoms. The van der Waals surface area contributed by atoms with Crippen LogP contribution in [0.25, 0.3) is 11.1 Å². The fraction of sp³-hybridized carbons (Fsp3) is 0.391. The Morgan fingerprint density at radius 1 is 1.09 bits per heavy atom. The van der Waals surface area contributed by atoms with Crippen LogP contribution in [0.5, 0.6) is 0 Å². The van der Waals surface area contributed by atoms with E-state index in [1.807, 2.05) is 0 Å². The summed E-state index contributed by atoms with van der Waals surface area (Å²) < 4.78 is 18.4. The van der Waals surface area contributed by atoms with Crippen molar-refractivity contribution >= 4 is 40.9 Å². The first-order chi connectivity index (χ1) is 15.4. The van der Waals surface area contributed by atoms with E-state index in [4.69, 9.17) is 27.9 Å². The first-order valence-corrected chi connectivity index (χ1v) is 10.9. The van der Waals surface area contributed by atoms with Gasteiger partial charge in [-0.3, -0.25) is 19.4 Å². The summed E-state index contributed by atoms with van der Waals surface area (Å²) >= 11 is 10.9. The Morgan fingerprint density at radius 3 is 2.18 bits per heavy atom. The number of nitrogens with one attached hydrogen (secondary N) is 1. The molecule has 1 amide bonds. The van der Waals surface area contributed by atoms with Gasteiger partial charge in [-0.05, 0) is 38.0 Å². The number of hydrogen-bond acceptors (Lipinski definition) is 6. The van der Waals surface area contributed by atoms with E-state index in [1.54, 1.807) is 51.1 Å². The quantitative estimate of drug-likeness (QED) is 0.234. The van der Waals surface area contributed by atoms with E-state index in [0.717, 1.165) is 5.56 Å². The van der Waals surface area contributed by atoms with Crippen LogP contribution in [0.15, 0.2) is 42.6 Å². The normalized spacial score (nSPS) is 13.3. The van der Waals surface area contributed by atoms with Gasteiger partial charge in [0.25, 0.3) is 5.91 Å². The molecule has 0 saturated carbocycles.